The number of amides is 1. The summed E-state index contributed by atoms with van der Waals surface area (Å²) < 4.78 is 1.72. The van der Waals surface area contributed by atoms with Crippen LogP contribution in [0.25, 0.3) is 5.69 Å². The summed E-state index contributed by atoms with van der Waals surface area (Å²) in [6, 6.07) is 13.6. The van der Waals surface area contributed by atoms with Gasteiger partial charge in [0.25, 0.3) is 0 Å². The molecule has 0 saturated heterocycles. The monoisotopic (exact) mass is 373 g/mol. The highest BCUT2D eigenvalue weighted by molar-refractivity contribution is 6.08. The van der Waals surface area contributed by atoms with Crippen LogP contribution >= 0.6 is 0 Å². The predicted octanol–water partition coefficient (Wildman–Crippen LogP) is 4.41. The van der Waals surface area contributed by atoms with Gasteiger partial charge in [0.15, 0.2) is 5.78 Å². The maximum absolute atomic E-state index is 13.3. The molecule has 1 N–H and O–H groups in total. The fraction of sp³-hybridized carbons (Fsp3) is 0.261. The first-order valence-electron chi connectivity index (χ1n) is 9.43. The van der Waals surface area contributed by atoms with Crippen LogP contribution in [0.5, 0.6) is 0 Å². The van der Waals surface area contributed by atoms with Crippen molar-refractivity contribution in [3.8, 4) is 5.69 Å². The normalized spacial score (nSPS) is 15.9. The van der Waals surface area contributed by atoms with Crippen molar-refractivity contribution in [1.82, 2.24) is 9.78 Å². The number of carbonyl (C=O) groups is 2. The summed E-state index contributed by atoms with van der Waals surface area (Å²) in [5, 5.41) is 7.56. The molecule has 5 nitrogen and oxygen atoms in total. The van der Waals surface area contributed by atoms with E-state index in [1.54, 1.807) is 4.68 Å². The Morgan fingerprint density at radius 1 is 1.04 bits per heavy atom. The highest BCUT2D eigenvalue weighted by atomic mass is 16.2. The number of fused-ring (bicyclic) bond motifs is 1. The number of Topliss-reactive ketones (excluding diaryl/α,β-unsaturated/α-hetero) is 1. The summed E-state index contributed by atoms with van der Waals surface area (Å²) in [6.07, 6.45) is 0.138. The number of nitrogens with one attached hydrogen (secondary N) is 1. The zero-order valence-corrected chi connectivity index (χ0v) is 16.5. The number of carbonyl (C=O) groups excluding carboxylic acids is 2. The Hall–Kier alpha value is -3.21. The van der Waals surface area contributed by atoms with Crippen LogP contribution in [0, 0.1) is 27.7 Å². The second-order valence-corrected chi connectivity index (χ2v) is 7.56. The minimum absolute atomic E-state index is 0.0363. The third-order valence-electron chi connectivity index (χ3n) is 5.49. The van der Waals surface area contributed by atoms with Crippen molar-refractivity contribution in [3.63, 3.8) is 0 Å². The molecule has 28 heavy (non-hydrogen) atoms. The van der Waals surface area contributed by atoms with E-state index in [2.05, 4.69) is 10.4 Å². The minimum atomic E-state index is -0.523. The molecule has 0 fully saturated rings. The largest absolute Gasteiger partial charge is 0.310 e. The lowest BCUT2D eigenvalue weighted by Crippen LogP contribution is -2.28. The average molecular weight is 373 g/mol. The van der Waals surface area contributed by atoms with Gasteiger partial charge in [0.05, 0.1) is 17.3 Å². The lowest BCUT2D eigenvalue weighted by Gasteiger charge is -2.23. The van der Waals surface area contributed by atoms with Crippen molar-refractivity contribution in [3.05, 3.63) is 76.0 Å². The molecule has 4 rings (SSSR count). The standard InChI is InChI=1S/C23H23N3O2/c1-13-5-9-18(10-6-13)26-23-21(16(4)25-26)19(12-20(27)24-23)22(28)17-8-7-14(2)15(3)11-17/h5-11,19H,12H2,1-4H3,(H,24,27)/t19-/m1/s1. The van der Waals surface area contributed by atoms with Gasteiger partial charge in [-0.15, -0.1) is 0 Å². The molecule has 1 atom stereocenters. The summed E-state index contributed by atoms with van der Waals surface area (Å²) >= 11 is 0. The molecule has 0 saturated carbocycles. The number of ketones is 1. The van der Waals surface area contributed by atoms with Crippen LogP contribution in [-0.2, 0) is 4.79 Å². The molecule has 1 amide bonds. The van der Waals surface area contributed by atoms with Crippen molar-refractivity contribution < 1.29 is 9.59 Å². The minimum Gasteiger partial charge on any atom is -0.310 e. The third-order valence-corrected chi connectivity index (χ3v) is 5.49. The van der Waals surface area contributed by atoms with Gasteiger partial charge in [0, 0.05) is 17.5 Å². The Kier molecular flexibility index (Phi) is 4.38. The molecular weight excluding hydrogens is 350 g/mol. The molecule has 0 bridgehead atoms. The van der Waals surface area contributed by atoms with Gasteiger partial charge < -0.3 is 5.32 Å². The van der Waals surface area contributed by atoms with Gasteiger partial charge in [-0.25, -0.2) is 4.68 Å². The van der Waals surface area contributed by atoms with Crippen LogP contribution < -0.4 is 5.32 Å². The number of anilines is 1. The Balaban J connectivity index is 1.81. The number of nitrogens with zero attached hydrogens (tertiary/aromatic N) is 2. The first-order valence-corrected chi connectivity index (χ1v) is 9.43. The summed E-state index contributed by atoms with van der Waals surface area (Å²) in [5.74, 6) is -0.126. The fourth-order valence-electron chi connectivity index (χ4n) is 3.74. The first kappa shape index (κ1) is 18.2. The number of benzene rings is 2. The molecule has 2 heterocycles. The smallest absolute Gasteiger partial charge is 0.226 e. The van der Waals surface area contributed by atoms with Gasteiger partial charge in [0.1, 0.15) is 5.82 Å². The Morgan fingerprint density at radius 2 is 1.75 bits per heavy atom. The van der Waals surface area contributed by atoms with E-state index in [0.29, 0.717) is 11.4 Å². The summed E-state index contributed by atoms with van der Waals surface area (Å²) in [4.78, 5) is 25.7. The SMILES string of the molecule is Cc1ccc(-n2nc(C)c3c2NC(=O)C[C@H]3C(=O)c2ccc(C)c(C)c2)cc1. The van der Waals surface area contributed by atoms with Gasteiger partial charge >= 0.3 is 0 Å². The zero-order valence-electron chi connectivity index (χ0n) is 16.5. The predicted molar refractivity (Wildman–Crippen MR) is 109 cm³/mol. The van der Waals surface area contributed by atoms with E-state index in [1.807, 2.05) is 70.2 Å². The molecule has 1 aliphatic heterocycles. The van der Waals surface area contributed by atoms with E-state index in [1.165, 1.54) is 0 Å². The molecular formula is C23H23N3O2. The lowest BCUT2D eigenvalue weighted by molar-refractivity contribution is -0.116. The molecule has 2 aromatic carbocycles. The quantitative estimate of drug-likeness (QED) is 0.692. The van der Waals surface area contributed by atoms with E-state index in [0.717, 1.165) is 33.6 Å². The Bertz CT molecular complexity index is 1090. The van der Waals surface area contributed by atoms with Crippen molar-refractivity contribution in [2.45, 2.75) is 40.0 Å². The summed E-state index contributed by atoms with van der Waals surface area (Å²) in [7, 11) is 0. The van der Waals surface area contributed by atoms with E-state index >= 15 is 0 Å². The zero-order chi connectivity index (χ0) is 20.0. The average Bonchev–Trinajstić information content (AvgIpc) is 3.00. The van der Waals surface area contributed by atoms with Crippen LogP contribution in [0.3, 0.4) is 0 Å². The molecule has 1 aromatic heterocycles. The van der Waals surface area contributed by atoms with Crippen LogP contribution in [0.1, 0.15) is 50.6 Å². The first-order chi connectivity index (χ1) is 13.3. The second-order valence-electron chi connectivity index (χ2n) is 7.56. The molecule has 0 spiro atoms. The molecule has 5 heteroatoms. The number of hydrogen-bond acceptors (Lipinski definition) is 3. The van der Waals surface area contributed by atoms with E-state index < -0.39 is 5.92 Å². The lowest BCUT2D eigenvalue weighted by atomic mass is 9.85. The van der Waals surface area contributed by atoms with Gasteiger partial charge in [-0.3, -0.25) is 9.59 Å². The van der Waals surface area contributed by atoms with Gasteiger partial charge in [-0.2, -0.15) is 5.10 Å². The van der Waals surface area contributed by atoms with Gasteiger partial charge in [-0.05, 0) is 57.0 Å². The highest BCUT2D eigenvalue weighted by Crippen LogP contribution is 2.38. The van der Waals surface area contributed by atoms with Crippen molar-refractivity contribution in [2.75, 3.05) is 5.32 Å². The number of aryl methyl sites for hydroxylation is 4. The van der Waals surface area contributed by atoms with Crippen molar-refractivity contribution in [1.29, 1.82) is 0 Å². The Labute approximate surface area is 164 Å². The summed E-state index contributed by atoms with van der Waals surface area (Å²) in [6.45, 7) is 7.92. The molecule has 3 aromatic rings. The molecule has 142 valence electrons. The topological polar surface area (TPSA) is 64.0 Å². The maximum Gasteiger partial charge on any atom is 0.226 e. The Morgan fingerprint density at radius 3 is 2.43 bits per heavy atom. The van der Waals surface area contributed by atoms with Crippen molar-refractivity contribution >= 4 is 17.5 Å². The molecule has 1 aliphatic rings. The number of rotatable bonds is 3. The molecule has 0 aliphatic carbocycles. The summed E-state index contributed by atoms with van der Waals surface area (Å²) in [5.41, 5.74) is 6.42. The van der Waals surface area contributed by atoms with E-state index in [9.17, 15) is 9.59 Å². The fourth-order valence-corrected chi connectivity index (χ4v) is 3.74. The van der Waals surface area contributed by atoms with Crippen LogP contribution in [0.2, 0.25) is 0 Å². The highest BCUT2D eigenvalue weighted by Gasteiger charge is 2.36. The maximum atomic E-state index is 13.3. The van der Waals surface area contributed by atoms with Gasteiger partial charge in [0.2, 0.25) is 5.91 Å². The third kappa shape index (κ3) is 3.03. The van der Waals surface area contributed by atoms with Crippen molar-refractivity contribution in [2.24, 2.45) is 0 Å². The second kappa shape index (κ2) is 6.75. The molecule has 0 radical (unpaired) electrons. The van der Waals surface area contributed by atoms with Crippen LogP contribution in [-0.4, -0.2) is 21.5 Å². The molecule has 0 unspecified atom stereocenters. The van der Waals surface area contributed by atoms with Gasteiger partial charge in [-0.1, -0.05) is 29.8 Å². The number of hydrogen-bond donors (Lipinski definition) is 1. The van der Waals surface area contributed by atoms with Crippen LogP contribution in [0.15, 0.2) is 42.5 Å². The van der Waals surface area contributed by atoms with Crippen LogP contribution in [0.4, 0.5) is 5.82 Å². The van der Waals surface area contributed by atoms with E-state index in [-0.39, 0.29) is 18.1 Å². The number of aromatic nitrogens is 2. The van der Waals surface area contributed by atoms with E-state index in [4.69, 9.17) is 0 Å².